The normalized spacial score (nSPS) is 20.0. The number of para-hydroxylation sites is 1. The number of amides is 3. The molecule has 3 amide bonds. The number of imide groups is 1. The van der Waals surface area contributed by atoms with Crippen molar-refractivity contribution in [3.05, 3.63) is 30.6 Å². The molecule has 7 heteroatoms. The molecule has 0 spiro atoms. The highest BCUT2D eigenvalue weighted by Gasteiger charge is 2.23. The molecule has 3 rings (SSSR count). The van der Waals surface area contributed by atoms with Gasteiger partial charge in [0.1, 0.15) is 6.33 Å². The number of benzene rings is 1. The minimum absolute atomic E-state index is 0.119. The Kier molecular flexibility index (Phi) is 5.42. The predicted octanol–water partition coefficient (Wildman–Crippen LogP) is 2.41. The largest absolute Gasteiger partial charge is 0.467 e. The molecule has 0 aliphatic heterocycles. The number of fused-ring (bicyclic) bond motifs is 1. The first-order valence-electron chi connectivity index (χ1n) is 8.56. The zero-order chi connectivity index (χ0) is 17.6. The van der Waals surface area contributed by atoms with Gasteiger partial charge >= 0.3 is 6.03 Å². The molecular weight excluding hydrogens is 320 g/mol. The lowest BCUT2D eigenvalue weighted by molar-refractivity contribution is -0.122. The van der Waals surface area contributed by atoms with Crippen molar-refractivity contribution in [1.82, 2.24) is 20.6 Å². The summed E-state index contributed by atoms with van der Waals surface area (Å²) < 4.78 is 5.45. The molecule has 2 N–H and O–H groups in total. The van der Waals surface area contributed by atoms with Crippen molar-refractivity contribution in [3.8, 4) is 5.88 Å². The second-order valence-corrected chi connectivity index (χ2v) is 6.37. The van der Waals surface area contributed by atoms with E-state index in [1.807, 2.05) is 24.3 Å². The van der Waals surface area contributed by atoms with Crippen molar-refractivity contribution in [1.29, 1.82) is 0 Å². The van der Waals surface area contributed by atoms with Crippen LogP contribution in [-0.2, 0) is 4.79 Å². The van der Waals surface area contributed by atoms with E-state index in [1.165, 1.54) is 12.7 Å². The van der Waals surface area contributed by atoms with Crippen LogP contribution in [0.4, 0.5) is 4.79 Å². The molecule has 1 fully saturated rings. The molecule has 1 aromatic heterocycles. The average molecular weight is 342 g/mol. The SMILES string of the molecule is C[C@@H]1CCCC[C@@H]1NC(=O)NC(=O)COc1ncnc2ccccc12. The molecule has 0 unspecified atom stereocenters. The minimum atomic E-state index is -0.511. The number of carbonyl (C=O) groups excluding carboxylic acids is 2. The van der Waals surface area contributed by atoms with Crippen molar-refractivity contribution in [2.45, 2.75) is 38.6 Å². The van der Waals surface area contributed by atoms with E-state index in [0.29, 0.717) is 11.8 Å². The number of hydrogen-bond acceptors (Lipinski definition) is 5. The maximum absolute atomic E-state index is 12.0. The van der Waals surface area contributed by atoms with Crippen molar-refractivity contribution in [2.75, 3.05) is 6.61 Å². The predicted molar refractivity (Wildman–Crippen MR) is 93.1 cm³/mol. The Hall–Kier alpha value is -2.70. The number of nitrogens with one attached hydrogen (secondary N) is 2. The van der Waals surface area contributed by atoms with Gasteiger partial charge in [-0.3, -0.25) is 10.1 Å². The maximum atomic E-state index is 12.0. The number of urea groups is 1. The highest BCUT2D eigenvalue weighted by atomic mass is 16.5. The van der Waals surface area contributed by atoms with Crippen LogP contribution in [-0.4, -0.2) is 34.6 Å². The molecule has 1 heterocycles. The molecule has 1 aromatic carbocycles. The summed E-state index contributed by atoms with van der Waals surface area (Å²) in [6.07, 6.45) is 5.73. The van der Waals surface area contributed by atoms with E-state index in [4.69, 9.17) is 4.74 Å². The fourth-order valence-electron chi connectivity index (χ4n) is 3.13. The van der Waals surface area contributed by atoms with Crippen molar-refractivity contribution in [2.24, 2.45) is 5.92 Å². The number of nitrogens with zero attached hydrogens (tertiary/aromatic N) is 2. The Bertz CT molecular complexity index is 760. The van der Waals surface area contributed by atoms with E-state index in [9.17, 15) is 9.59 Å². The van der Waals surface area contributed by atoms with Gasteiger partial charge in [0, 0.05) is 6.04 Å². The van der Waals surface area contributed by atoms with Gasteiger partial charge in [0.25, 0.3) is 5.91 Å². The first-order valence-corrected chi connectivity index (χ1v) is 8.56. The zero-order valence-electron chi connectivity index (χ0n) is 14.2. The second-order valence-electron chi connectivity index (χ2n) is 6.37. The summed E-state index contributed by atoms with van der Waals surface area (Å²) in [5.74, 6) is 0.240. The van der Waals surface area contributed by atoms with Gasteiger partial charge in [-0.25, -0.2) is 14.8 Å². The summed E-state index contributed by atoms with van der Waals surface area (Å²) in [5, 5.41) is 5.90. The lowest BCUT2D eigenvalue weighted by atomic mass is 9.86. The summed E-state index contributed by atoms with van der Waals surface area (Å²) in [5.41, 5.74) is 0.733. The lowest BCUT2D eigenvalue weighted by Gasteiger charge is -2.29. The molecule has 2 atom stereocenters. The summed E-state index contributed by atoms with van der Waals surface area (Å²) >= 11 is 0. The Morgan fingerprint density at radius 1 is 1.20 bits per heavy atom. The number of hydrogen-bond donors (Lipinski definition) is 2. The summed E-state index contributed by atoms with van der Waals surface area (Å²) in [4.78, 5) is 32.1. The Balaban J connectivity index is 1.51. The molecular formula is C18H22N4O3. The third kappa shape index (κ3) is 4.43. The van der Waals surface area contributed by atoms with Gasteiger partial charge in [0.2, 0.25) is 5.88 Å². The summed E-state index contributed by atoms with van der Waals surface area (Å²) in [6, 6.07) is 7.01. The zero-order valence-corrected chi connectivity index (χ0v) is 14.2. The third-order valence-electron chi connectivity index (χ3n) is 4.53. The number of rotatable bonds is 4. The molecule has 0 bridgehead atoms. The van der Waals surface area contributed by atoms with Crippen LogP contribution >= 0.6 is 0 Å². The van der Waals surface area contributed by atoms with Crippen LogP contribution in [0, 0.1) is 5.92 Å². The van der Waals surface area contributed by atoms with Gasteiger partial charge in [-0.15, -0.1) is 0 Å². The van der Waals surface area contributed by atoms with Gasteiger partial charge in [-0.1, -0.05) is 31.9 Å². The van der Waals surface area contributed by atoms with Gasteiger partial charge < -0.3 is 10.1 Å². The Morgan fingerprint density at radius 3 is 2.84 bits per heavy atom. The number of carbonyl (C=O) groups is 2. The van der Waals surface area contributed by atoms with Crippen LogP contribution in [0.5, 0.6) is 5.88 Å². The average Bonchev–Trinajstić information content (AvgIpc) is 2.62. The summed E-state index contributed by atoms with van der Waals surface area (Å²) in [6.45, 7) is 1.84. The lowest BCUT2D eigenvalue weighted by Crippen LogP contribution is -2.48. The van der Waals surface area contributed by atoms with Crippen LogP contribution in [0.3, 0.4) is 0 Å². The molecule has 25 heavy (non-hydrogen) atoms. The van der Waals surface area contributed by atoms with Crippen molar-refractivity contribution >= 4 is 22.8 Å². The van der Waals surface area contributed by atoms with Gasteiger partial charge in [0.05, 0.1) is 10.9 Å². The highest BCUT2D eigenvalue weighted by Crippen LogP contribution is 2.23. The van der Waals surface area contributed by atoms with E-state index >= 15 is 0 Å². The monoisotopic (exact) mass is 342 g/mol. The van der Waals surface area contributed by atoms with Crippen LogP contribution in [0.15, 0.2) is 30.6 Å². The number of ether oxygens (including phenoxy) is 1. The van der Waals surface area contributed by atoms with E-state index in [0.717, 1.165) is 30.2 Å². The molecule has 132 valence electrons. The summed E-state index contributed by atoms with van der Waals surface area (Å²) in [7, 11) is 0. The molecule has 0 radical (unpaired) electrons. The first kappa shape index (κ1) is 17.1. The Labute approximate surface area is 146 Å². The van der Waals surface area contributed by atoms with Crippen LogP contribution < -0.4 is 15.4 Å². The quantitative estimate of drug-likeness (QED) is 0.890. The van der Waals surface area contributed by atoms with E-state index < -0.39 is 11.9 Å². The van der Waals surface area contributed by atoms with Crippen LogP contribution in [0.25, 0.3) is 10.9 Å². The van der Waals surface area contributed by atoms with E-state index in [2.05, 4.69) is 27.5 Å². The van der Waals surface area contributed by atoms with Crippen molar-refractivity contribution < 1.29 is 14.3 Å². The third-order valence-corrected chi connectivity index (χ3v) is 4.53. The first-order chi connectivity index (χ1) is 12.1. The fraction of sp³-hybridized carbons (Fsp3) is 0.444. The molecule has 1 aliphatic carbocycles. The molecule has 1 saturated carbocycles. The Morgan fingerprint density at radius 2 is 2.00 bits per heavy atom. The van der Waals surface area contributed by atoms with Crippen molar-refractivity contribution in [3.63, 3.8) is 0 Å². The molecule has 2 aromatic rings. The van der Waals surface area contributed by atoms with Gasteiger partial charge in [-0.05, 0) is 30.9 Å². The molecule has 0 saturated heterocycles. The minimum Gasteiger partial charge on any atom is -0.467 e. The van der Waals surface area contributed by atoms with Crippen LogP contribution in [0.2, 0.25) is 0 Å². The fourth-order valence-corrected chi connectivity index (χ4v) is 3.13. The highest BCUT2D eigenvalue weighted by molar-refractivity contribution is 5.95. The standard InChI is InChI=1S/C18H22N4O3/c1-12-6-2-4-8-14(12)21-18(24)22-16(23)10-25-17-13-7-3-5-9-15(13)19-11-20-17/h3,5,7,9,11-12,14H,2,4,6,8,10H2,1H3,(H2,21,22,23,24)/t12-,14+/m1/s1. The maximum Gasteiger partial charge on any atom is 0.321 e. The van der Waals surface area contributed by atoms with Crippen LogP contribution in [0.1, 0.15) is 32.6 Å². The molecule has 1 aliphatic rings. The molecule has 7 nitrogen and oxygen atoms in total. The smallest absolute Gasteiger partial charge is 0.321 e. The second kappa shape index (κ2) is 7.92. The number of aromatic nitrogens is 2. The van der Waals surface area contributed by atoms with Gasteiger partial charge in [-0.2, -0.15) is 0 Å². The van der Waals surface area contributed by atoms with Gasteiger partial charge in [0.15, 0.2) is 6.61 Å². The van der Waals surface area contributed by atoms with E-state index in [-0.39, 0.29) is 12.6 Å². The van der Waals surface area contributed by atoms with E-state index in [1.54, 1.807) is 0 Å². The topological polar surface area (TPSA) is 93.2 Å².